The van der Waals surface area contributed by atoms with E-state index in [9.17, 15) is 14.9 Å². The van der Waals surface area contributed by atoms with Crippen LogP contribution >= 0.6 is 0 Å². The van der Waals surface area contributed by atoms with E-state index in [1.165, 1.54) is 6.20 Å². The lowest BCUT2D eigenvalue weighted by Crippen LogP contribution is -2.05. The van der Waals surface area contributed by atoms with Crippen LogP contribution < -0.4 is 0 Å². The number of pyridine rings is 1. The van der Waals surface area contributed by atoms with Crippen molar-refractivity contribution >= 4 is 11.7 Å². The van der Waals surface area contributed by atoms with Crippen molar-refractivity contribution in [3.8, 4) is 0 Å². The zero-order chi connectivity index (χ0) is 13.3. The van der Waals surface area contributed by atoms with Crippen molar-refractivity contribution in [1.29, 1.82) is 0 Å². The highest BCUT2D eigenvalue weighted by Gasteiger charge is 2.12. The molecular formula is C10H14N2O5. The third kappa shape index (κ3) is 5.57. The van der Waals surface area contributed by atoms with Gasteiger partial charge in [-0.25, -0.2) is 4.79 Å². The SMILES string of the molecule is CCO.CCOC(=O)c1cncc([N+](=O)[O-])c1. The average Bonchev–Trinajstić information content (AvgIpc) is 2.30. The highest BCUT2D eigenvalue weighted by Crippen LogP contribution is 2.11. The summed E-state index contributed by atoms with van der Waals surface area (Å²) in [7, 11) is 0. The molecule has 0 aliphatic heterocycles. The van der Waals surface area contributed by atoms with Crippen LogP contribution in [-0.4, -0.2) is 34.2 Å². The van der Waals surface area contributed by atoms with Gasteiger partial charge in [0.05, 0.1) is 17.1 Å². The Morgan fingerprint density at radius 1 is 1.53 bits per heavy atom. The molecule has 0 spiro atoms. The van der Waals surface area contributed by atoms with Gasteiger partial charge in [-0.05, 0) is 13.8 Å². The molecule has 0 unspecified atom stereocenters. The van der Waals surface area contributed by atoms with Gasteiger partial charge in [0.2, 0.25) is 0 Å². The van der Waals surface area contributed by atoms with Crippen LogP contribution in [0.25, 0.3) is 0 Å². The number of hydrogen-bond acceptors (Lipinski definition) is 6. The molecule has 0 bridgehead atoms. The Morgan fingerprint density at radius 2 is 2.12 bits per heavy atom. The topological polar surface area (TPSA) is 103 Å². The molecule has 1 aromatic rings. The number of esters is 1. The van der Waals surface area contributed by atoms with Gasteiger partial charge < -0.3 is 9.84 Å². The van der Waals surface area contributed by atoms with E-state index in [1.54, 1.807) is 13.8 Å². The molecule has 0 fully saturated rings. The maximum atomic E-state index is 11.1. The molecule has 0 aromatic carbocycles. The molecule has 7 heteroatoms. The fraction of sp³-hybridized carbons (Fsp3) is 0.400. The lowest BCUT2D eigenvalue weighted by molar-refractivity contribution is -0.385. The summed E-state index contributed by atoms with van der Waals surface area (Å²) < 4.78 is 4.66. The number of hydrogen-bond donors (Lipinski definition) is 1. The molecule has 0 amide bonds. The second kappa shape index (κ2) is 8.17. The van der Waals surface area contributed by atoms with E-state index in [2.05, 4.69) is 9.72 Å². The highest BCUT2D eigenvalue weighted by molar-refractivity contribution is 5.89. The van der Waals surface area contributed by atoms with E-state index in [0.717, 1.165) is 12.3 Å². The third-order valence-electron chi connectivity index (χ3n) is 1.45. The maximum absolute atomic E-state index is 11.1. The second-order valence-corrected chi connectivity index (χ2v) is 2.73. The molecule has 0 saturated carbocycles. The summed E-state index contributed by atoms with van der Waals surface area (Å²) in [5.41, 5.74) is -0.142. The van der Waals surface area contributed by atoms with Crippen molar-refractivity contribution in [2.75, 3.05) is 13.2 Å². The summed E-state index contributed by atoms with van der Waals surface area (Å²) in [6.45, 7) is 3.81. The molecule has 17 heavy (non-hydrogen) atoms. The molecule has 0 aliphatic rings. The summed E-state index contributed by atoms with van der Waals surface area (Å²) in [5, 5.41) is 17.9. The van der Waals surface area contributed by atoms with Crippen LogP contribution in [0.1, 0.15) is 24.2 Å². The Balaban J connectivity index is 0.000000770. The third-order valence-corrected chi connectivity index (χ3v) is 1.45. The molecular weight excluding hydrogens is 228 g/mol. The van der Waals surface area contributed by atoms with Crippen molar-refractivity contribution in [3.63, 3.8) is 0 Å². The number of ether oxygens (including phenoxy) is 1. The van der Waals surface area contributed by atoms with Crippen LogP contribution in [0, 0.1) is 10.1 Å². The standard InChI is InChI=1S/C8H8N2O4.C2H6O/c1-2-14-8(11)6-3-7(10(12)13)5-9-4-6;1-2-3/h3-5H,2H2,1H3;3H,2H2,1H3. The summed E-state index contributed by atoms with van der Waals surface area (Å²) in [5.74, 6) is -0.608. The zero-order valence-electron chi connectivity index (χ0n) is 9.62. The quantitative estimate of drug-likeness (QED) is 0.484. The van der Waals surface area contributed by atoms with Gasteiger partial charge in [0.25, 0.3) is 5.69 Å². The van der Waals surface area contributed by atoms with Crippen molar-refractivity contribution in [2.45, 2.75) is 13.8 Å². The summed E-state index contributed by atoms with van der Waals surface area (Å²) in [6.07, 6.45) is 2.30. The number of aromatic nitrogens is 1. The Kier molecular flexibility index (Phi) is 7.20. The zero-order valence-corrected chi connectivity index (χ0v) is 9.62. The fourth-order valence-corrected chi connectivity index (χ4v) is 0.854. The van der Waals surface area contributed by atoms with Crippen LogP contribution in [0.2, 0.25) is 0 Å². The van der Waals surface area contributed by atoms with E-state index >= 15 is 0 Å². The molecule has 1 rings (SSSR count). The van der Waals surface area contributed by atoms with Crippen LogP contribution in [0.3, 0.4) is 0 Å². The molecule has 7 nitrogen and oxygen atoms in total. The summed E-state index contributed by atoms with van der Waals surface area (Å²) in [6, 6.07) is 1.13. The Bertz CT molecular complexity index is 381. The van der Waals surface area contributed by atoms with E-state index in [0.29, 0.717) is 0 Å². The number of rotatable bonds is 3. The minimum atomic E-state index is -0.615. The summed E-state index contributed by atoms with van der Waals surface area (Å²) in [4.78, 5) is 24.4. The minimum absolute atomic E-state index is 0.0843. The van der Waals surface area contributed by atoms with Crippen molar-refractivity contribution < 1.29 is 19.6 Å². The van der Waals surface area contributed by atoms with Crippen LogP contribution in [0.15, 0.2) is 18.5 Å². The van der Waals surface area contributed by atoms with Gasteiger partial charge in [0.1, 0.15) is 6.20 Å². The number of aliphatic hydroxyl groups excluding tert-OH is 1. The lowest BCUT2D eigenvalue weighted by Gasteiger charge is -1.99. The first-order valence-electron chi connectivity index (χ1n) is 4.94. The van der Waals surface area contributed by atoms with Gasteiger partial charge in [-0.2, -0.15) is 0 Å². The number of carbonyl (C=O) groups is 1. The van der Waals surface area contributed by atoms with Crippen molar-refractivity contribution in [3.05, 3.63) is 34.1 Å². The smallest absolute Gasteiger partial charge is 0.339 e. The fourth-order valence-electron chi connectivity index (χ4n) is 0.854. The first-order valence-corrected chi connectivity index (χ1v) is 4.94. The van der Waals surface area contributed by atoms with Gasteiger partial charge in [-0.1, -0.05) is 0 Å². The van der Waals surface area contributed by atoms with E-state index < -0.39 is 10.9 Å². The molecule has 0 atom stereocenters. The average molecular weight is 242 g/mol. The van der Waals surface area contributed by atoms with Gasteiger partial charge >= 0.3 is 5.97 Å². The van der Waals surface area contributed by atoms with Crippen LogP contribution in [-0.2, 0) is 4.74 Å². The Labute approximate surface area is 98.2 Å². The van der Waals surface area contributed by atoms with Crippen molar-refractivity contribution in [1.82, 2.24) is 4.98 Å². The molecule has 94 valence electrons. The monoisotopic (exact) mass is 242 g/mol. The minimum Gasteiger partial charge on any atom is -0.462 e. The van der Waals surface area contributed by atoms with Crippen LogP contribution in [0.4, 0.5) is 5.69 Å². The highest BCUT2D eigenvalue weighted by atomic mass is 16.6. The largest absolute Gasteiger partial charge is 0.462 e. The number of aliphatic hydroxyl groups is 1. The molecule has 1 aromatic heterocycles. The molecule has 1 heterocycles. The van der Waals surface area contributed by atoms with Crippen LogP contribution in [0.5, 0.6) is 0 Å². The summed E-state index contributed by atoms with van der Waals surface area (Å²) >= 11 is 0. The predicted molar refractivity (Wildman–Crippen MR) is 59.6 cm³/mol. The number of nitro groups is 1. The number of nitrogens with zero attached hydrogens (tertiary/aromatic N) is 2. The van der Waals surface area contributed by atoms with E-state index in [-0.39, 0.29) is 24.5 Å². The Morgan fingerprint density at radius 3 is 2.59 bits per heavy atom. The first-order chi connectivity index (χ1) is 8.06. The van der Waals surface area contributed by atoms with Crippen molar-refractivity contribution in [2.24, 2.45) is 0 Å². The number of carbonyl (C=O) groups excluding carboxylic acids is 1. The lowest BCUT2D eigenvalue weighted by atomic mass is 10.3. The molecule has 0 radical (unpaired) electrons. The normalized spacial score (nSPS) is 8.88. The second-order valence-electron chi connectivity index (χ2n) is 2.73. The van der Waals surface area contributed by atoms with Gasteiger partial charge in [0, 0.05) is 18.9 Å². The maximum Gasteiger partial charge on any atom is 0.339 e. The van der Waals surface area contributed by atoms with Gasteiger partial charge in [-0.15, -0.1) is 0 Å². The van der Waals surface area contributed by atoms with Gasteiger partial charge in [-0.3, -0.25) is 15.1 Å². The molecule has 0 saturated heterocycles. The Hall–Kier alpha value is -2.02. The van der Waals surface area contributed by atoms with E-state index in [1.807, 2.05) is 0 Å². The predicted octanol–water partition coefficient (Wildman–Crippen LogP) is 1.17. The first kappa shape index (κ1) is 15.0. The van der Waals surface area contributed by atoms with Gasteiger partial charge in [0.15, 0.2) is 0 Å². The molecule has 1 N–H and O–H groups in total. The van der Waals surface area contributed by atoms with E-state index in [4.69, 9.17) is 5.11 Å². The molecule has 0 aliphatic carbocycles.